The van der Waals surface area contributed by atoms with Crippen molar-refractivity contribution in [3.63, 3.8) is 0 Å². The van der Waals surface area contributed by atoms with Gasteiger partial charge in [0.25, 0.3) is 0 Å². The van der Waals surface area contributed by atoms with Gasteiger partial charge in [0.1, 0.15) is 13.2 Å². The highest BCUT2D eigenvalue weighted by atomic mass is 35.5. The van der Waals surface area contributed by atoms with Gasteiger partial charge in [0.2, 0.25) is 0 Å². The minimum Gasteiger partial charge on any atom is -0.486 e. The van der Waals surface area contributed by atoms with Crippen LogP contribution in [0.1, 0.15) is 37.7 Å². The number of ether oxygens (including phenoxy) is 2. The number of fused-ring (bicyclic) bond motifs is 1. The van der Waals surface area contributed by atoms with Crippen LogP contribution in [0.3, 0.4) is 0 Å². The maximum atomic E-state index is 6.29. The molecule has 21 heavy (non-hydrogen) atoms. The van der Waals surface area contributed by atoms with Gasteiger partial charge < -0.3 is 15.2 Å². The molecule has 0 aromatic heterocycles. The number of rotatable bonds is 3. The second-order valence-corrected chi connectivity index (χ2v) is 6.19. The molecule has 2 N–H and O–H groups in total. The van der Waals surface area contributed by atoms with Crippen molar-refractivity contribution >= 4 is 17.7 Å². The molecule has 0 spiro atoms. The quantitative estimate of drug-likeness (QED) is 0.917. The van der Waals surface area contributed by atoms with Crippen LogP contribution in [0.2, 0.25) is 5.02 Å². The molecule has 114 valence electrons. The van der Waals surface area contributed by atoms with Crippen molar-refractivity contribution in [3.05, 3.63) is 28.3 Å². The first-order chi connectivity index (χ1) is 10.3. The molecule has 0 amide bonds. The smallest absolute Gasteiger partial charge is 0.179 e. The Morgan fingerprint density at radius 2 is 1.95 bits per heavy atom. The molecular formula is C17H22ClNO2. The molecule has 1 aromatic rings. The molecule has 0 atom stereocenters. The van der Waals surface area contributed by atoms with E-state index < -0.39 is 0 Å². The molecule has 1 aliphatic carbocycles. The Morgan fingerprint density at radius 3 is 2.71 bits per heavy atom. The molecular weight excluding hydrogens is 286 g/mol. The first-order valence-electron chi connectivity index (χ1n) is 7.77. The van der Waals surface area contributed by atoms with Gasteiger partial charge in [0.05, 0.1) is 5.02 Å². The Bertz CT molecular complexity index is 536. The molecule has 2 aliphatic rings. The first-order valence-corrected chi connectivity index (χ1v) is 8.15. The fourth-order valence-corrected chi connectivity index (χ4v) is 3.52. The Hall–Kier alpha value is -1.19. The summed E-state index contributed by atoms with van der Waals surface area (Å²) in [7, 11) is 0. The molecule has 1 aliphatic heterocycles. The zero-order valence-corrected chi connectivity index (χ0v) is 13.0. The SMILES string of the molecule is NC/C(=C/c1cc(Cl)c2c(c1)OCCO2)C1CCCCC1. The number of benzene rings is 1. The van der Waals surface area contributed by atoms with E-state index in [0.717, 1.165) is 11.3 Å². The third-order valence-corrected chi connectivity index (χ3v) is 4.62. The van der Waals surface area contributed by atoms with Crippen molar-refractivity contribution in [2.45, 2.75) is 32.1 Å². The molecule has 0 saturated heterocycles. The molecule has 0 unspecified atom stereocenters. The molecule has 0 bridgehead atoms. The third kappa shape index (κ3) is 3.35. The maximum Gasteiger partial charge on any atom is 0.179 e. The minimum absolute atomic E-state index is 0.554. The molecule has 3 rings (SSSR count). The monoisotopic (exact) mass is 307 g/mol. The topological polar surface area (TPSA) is 44.5 Å². The predicted octanol–water partition coefficient (Wildman–Crippen LogP) is 4.03. The summed E-state index contributed by atoms with van der Waals surface area (Å²) in [6.45, 7) is 1.73. The second kappa shape index (κ2) is 6.71. The van der Waals surface area contributed by atoms with Crippen LogP contribution in [0.25, 0.3) is 6.08 Å². The molecule has 3 nitrogen and oxygen atoms in total. The van der Waals surface area contributed by atoms with E-state index in [1.807, 2.05) is 12.1 Å². The van der Waals surface area contributed by atoms with Gasteiger partial charge in [0.15, 0.2) is 11.5 Å². The number of hydrogen-bond acceptors (Lipinski definition) is 3. The molecule has 1 fully saturated rings. The van der Waals surface area contributed by atoms with Gasteiger partial charge in [-0.3, -0.25) is 0 Å². The highest BCUT2D eigenvalue weighted by Gasteiger charge is 2.19. The van der Waals surface area contributed by atoms with Crippen LogP contribution in [-0.2, 0) is 0 Å². The van der Waals surface area contributed by atoms with E-state index in [9.17, 15) is 0 Å². The van der Waals surface area contributed by atoms with Gasteiger partial charge in [-0.2, -0.15) is 0 Å². The average Bonchev–Trinajstić information content (AvgIpc) is 2.53. The average molecular weight is 308 g/mol. The van der Waals surface area contributed by atoms with Gasteiger partial charge >= 0.3 is 0 Å². The second-order valence-electron chi connectivity index (χ2n) is 5.79. The van der Waals surface area contributed by atoms with E-state index in [2.05, 4.69) is 6.08 Å². The molecule has 0 radical (unpaired) electrons. The van der Waals surface area contributed by atoms with Crippen LogP contribution in [-0.4, -0.2) is 19.8 Å². The Labute approximate surface area is 131 Å². The van der Waals surface area contributed by atoms with Gasteiger partial charge in [0, 0.05) is 6.54 Å². The summed E-state index contributed by atoms with van der Waals surface area (Å²) >= 11 is 6.29. The standard InChI is InChI=1S/C17H22ClNO2/c18-15-9-12(10-16-17(15)21-7-6-20-16)8-14(11-19)13-4-2-1-3-5-13/h8-10,13H,1-7,11,19H2/b14-8-. The van der Waals surface area contributed by atoms with Crippen LogP contribution in [0.15, 0.2) is 17.7 Å². The van der Waals surface area contributed by atoms with Gasteiger partial charge in [-0.05, 0) is 36.5 Å². The fraction of sp³-hybridized carbons (Fsp3) is 0.529. The molecule has 4 heteroatoms. The zero-order valence-electron chi connectivity index (χ0n) is 12.2. The van der Waals surface area contributed by atoms with Crippen molar-refractivity contribution < 1.29 is 9.47 Å². The summed E-state index contributed by atoms with van der Waals surface area (Å²) in [5, 5.41) is 0.610. The lowest BCUT2D eigenvalue weighted by molar-refractivity contribution is 0.171. The first kappa shape index (κ1) is 14.7. The van der Waals surface area contributed by atoms with Crippen LogP contribution >= 0.6 is 11.6 Å². The van der Waals surface area contributed by atoms with Crippen LogP contribution < -0.4 is 15.2 Å². The molecule has 1 aromatic carbocycles. The van der Waals surface area contributed by atoms with E-state index in [-0.39, 0.29) is 0 Å². The van der Waals surface area contributed by atoms with Crippen LogP contribution in [0.4, 0.5) is 0 Å². The number of nitrogens with two attached hydrogens (primary N) is 1. The normalized spacial score (nSPS) is 19.6. The Kier molecular flexibility index (Phi) is 4.71. The fourth-order valence-electron chi connectivity index (χ4n) is 3.25. The third-order valence-electron chi connectivity index (χ3n) is 4.34. The van der Waals surface area contributed by atoms with E-state index in [1.54, 1.807) is 0 Å². The summed E-state index contributed by atoms with van der Waals surface area (Å²) in [6.07, 6.45) is 8.65. The Balaban J connectivity index is 1.88. The highest BCUT2D eigenvalue weighted by molar-refractivity contribution is 6.32. The molecule has 1 saturated carbocycles. The summed E-state index contributed by atoms with van der Waals surface area (Å²) in [5.41, 5.74) is 8.34. The van der Waals surface area contributed by atoms with Crippen molar-refractivity contribution in [1.29, 1.82) is 0 Å². The Morgan fingerprint density at radius 1 is 1.19 bits per heavy atom. The lowest BCUT2D eigenvalue weighted by Gasteiger charge is -2.24. The zero-order chi connectivity index (χ0) is 14.7. The van der Waals surface area contributed by atoms with E-state index in [0.29, 0.717) is 36.4 Å². The van der Waals surface area contributed by atoms with Crippen LogP contribution in [0, 0.1) is 5.92 Å². The number of halogens is 1. The van der Waals surface area contributed by atoms with E-state index >= 15 is 0 Å². The van der Waals surface area contributed by atoms with Gasteiger partial charge in [-0.1, -0.05) is 42.5 Å². The van der Waals surface area contributed by atoms with Crippen molar-refractivity contribution in [2.75, 3.05) is 19.8 Å². The highest BCUT2D eigenvalue weighted by Crippen LogP contribution is 2.39. The predicted molar refractivity (Wildman–Crippen MR) is 86.0 cm³/mol. The van der Waals surface area contributed by atoms with Crippen LogP contribution in [0.5, 0.6) is 11.5 Å². The molecule has 1 heterocycles. The largest absolute Gasteiger partial charge is 0.486 e. The lowest BCUT2D eigenvalue weighted by atomic mass is 9.83. The van der Waals surface area contributed by atoms with Crippen molar-refractivity contribution in [1.82, 2.24) is 0 Å². The summed E-state index contributed by atoms with van der Waals surface area (Å²) < 4.78 is 11.2. The minimum atomic E-state index is 0.554. The maximum absolute atomic E-state index is 6.29. The number of hydrogen-bond donors (Lipinski definition) is 1. The van der Waals surface area contributed by atoms with Gasteiger partial charge in [-0.25, -0.2) is 0 Å². The summed E-state index contributed by atoms with van der Waals surface area (Å²) in [4.78, 5) is 0. The van der Waals surface area contributed by atoms with E-state index in [4.69, 9.17) is 26.8 Å². The van der Waals surface area contributed by atoms with Gasteiger partial charge in [-0.15, -0.1) is 0 Å². The summed E-state index contributed by atoms with van der Waals surface area (Å²) in [5.74, 6) is 2.02. The van der Waals surface area contributed by atoms with Crippen molar-refractivity contribution in [3.8, 4) is 11.5 Å². The lowest BCUT2D eigenvalue weighted by Crippen LogP contribution is -2.17. The van der Waals surface area contributed by atoms with Crippen molar-refractivity contribution in [2.24, 2.45) is 11.7 Å². The van der Waals surface area contributed by atoms with E-state index in [1.165, 1.54) is 37.7 Å². The summed E-state index contributed by atoms with van der Waals surface area (Å²) in [6, 6.07) is 3.94.